The average Bonchev–Trinajstić information content (AvgIpc) is 3.39. The molecule has 1 aromatic heterocycles. The number of H-pyrrole nitrogens is 1. The van der Waals surface area contributed by atoms with Crippen molar-refractivity contribution in [2.75, 3.05) is 6.54 Å². The van der Waals surface area contributed by atoms with E-state index in [9.17, 15) is 9.59 Å². The Morgan fingerprint density at radius 1 is 1.14 bits per heavy atom. The molecule has 21 heavy (non-hydrogen) atoms. The second kappa shape index (κ2) is 4.87. The van der Waals surface area contributed by atoms with Gasteiger partial charge in [-0.05, 0) is 49.9 Å². The molecule has 1 N–H and O–H groups in total. The highest BCUT2D eigenvalue weighted by Gasteiger charge is 2.48. The molecule has 0 spiro atoms. The van der Waals surface area contributed by atoms with Gasteiger partial charge in [0.2, 0.25) is 5.43 Å². The first-order valence-corrected chi connectivity index (χ1v) is 8.20. The van der Waals surface area contributed by atoms with Gasteiger partial charge >= 0.3 is 0 Å². The van der Waals surface area contributed by atoms with Gasteiger partial charge < -0.3 is 9.88 Å². The van der Waals surface area contributed by atoms with Crippen LogP contribution in [0.5, 0.6) is 0 Å². The van der Waals surface area contributed by atoms with Crippen LogP contribution >= 0.6 is 11.6 Å². The number of aromatic amines is 1. The second-order valence-corrected chi connectivity index (χ2v) is 7.15. The molecule has 3 aliphatic rings. The molecule has 2 aliphatic carbocycles. The molecule has 1 amide bonds. The van der Waals surface area contributed by atoms with Gasteiger partial charge in [-0.2, -0.15) is 0 Å². The summed E-state index contributed by atoms with van der Waals surface area (Å²) < 4.78 is 0. The van der Waals surface area contributed by atoms with Gasteiger partial charge in [0.1, 0.15) is 10.6 Å². The number of rotatable bonds is 3. The third kappa shape index (κ3) is 2.39. The van der Waals surface area contributed by atoms with Gasteiger partial charge in [-0.15, -0.1) is 0 Å². The van der Waals surface area contributed by atoms with E-state index in [1.807, 2.05) is 4.90 Å². The lowest BCUT2D eigenvalue weighted by molar-refractivity contribution is 0.0714. The Balaban J connectivity index is 1.62. The van der Waals surface area contributed by atoms with Crippen LogP contribution in [-0.2, 0) is 0 Å². The lowest BCUT2D eigenvalue weighted by atomic mass is 9.98. The Kier molecular flexibility index (Phi) is 3.10. The summed E-state index contributed by atoms with van der Waals surface area (Å²) in [5.41, 5.74) is -0.172. The summed E-state index contributed by atoms with van der Waals surface area (Å²) in [5, 5.41) is 0.0850. The number of amides is 1. The summed E-state index contributed by atoms with van der Waals surface area (Å²) in [4.78, 5) is 29.6. The topological polar surface area (TPSA) is 53.2 Å². The fourth-order valence-electron chi connectivity index (χ4n) is 3.74. The van der Waals surface area contributed by atoms with E-state index in [0.717, 1.165) is 18.9 Å². The van der Waals surface area contributed by atoms with Crippen LogP contribution in [0, 0.1) is 17.8 Å². The van der Waals surface area contributed by atoms with Gasteiger partial charge in [-0.25, -0.2) is 0 Å². The summed E-state index contributed by atoms with van der Waals surface area (Å²) in [6, 6.07) is 0.335. The fourth-order valence-corrected chi connectivity index (χ4v) is 3.91. The van der Waals surface area contributed by atoms with Crippen LogP contribution in [0.2, 0.25) is 5.02 Å². The number of carbonyl (C=O) groups excluding carboxylic acids is 1. The van der Waals surface area contributed by atoms with Crippen LogP contribution in [0.25, 0.3) is 0 Å². The van der Waals surface area contributed by atoms with E-state index in [4.69, 9.17) is 11.6 Å². The maximum absolute atomic E-state index is 12.8. The number of pyridine rings is 1. The zero-order chi connectivity index (χ0) is 14.6. The molecule has 3 fully saturated rings. The number of hydrogen-bond donors (Lipinski definition) is 1. The van der Waals surface area contributed by atoms with Gasteiger partial charge in [0.15, 0.2) is 0 Å². The first kappa shape index (κ1) is 13.4. The van der Waals surface area contributed by atoms with Crippen molar-refractivity contribution < 1.29 is 4.79 Å². The van der Waals surface area contributed by atoms with Crippen LogP contribution < -0.4 is 5.43 Å². The Bertz CT molecular complexity index is 633. The highest BCUT2D eigenvalue weighted by Crippen LogP contribution is 2.48. The predicted molar refractivity (Wildman–Crippen MR) is 80.5 cm³/mol. The van der Waals surface area contributed by atoms with Crippen molar-refractivity contribution in [3.05, 3.63) is 33.2 Å². The number of halogens is 1. The largest absolute Gasteiger partial charge is 0.365 e. The van der Waals surface area contributed by atoms with Crippen LogP contribution in [0.1, 0.15) is 42.5 Å². The molecule has 0 unspecified atom stereocenters. The summed E-state index contributed by atoms with van der Waals surface area (Å²) in [6.45, 7) is 0.816. The zero-order valence-corrected chi connectivity index (χ0v) is 12.6. The molecule has 2 heterocycles. The first-order chi connectivity index (χ1) is 10.1. The molecule has 112 valence electrons. The summed E-state index contributed by atoms with van der Waals surface area (Å²) in [7, 11) is 0. The van der Waals surface area contributed by atoms with Crippen molar-refractivity contribution in [3.8, 4) is 0 Å². The molecule has 0 aromatic carbocycles. The van der Waals surface area contributed by atoms with Crippen molar-refractivity contribution >= 4 is 17.5 Å². The average molecular weight is 307 g/mol. The van der Waals surface area contributed by atoms with E-state index >= 15 is 0 Å². The van der Waals surface area contributed by atoms with Crippen molar-refractivity contribution in [3.63, 3.8) is 0 Å². The Labute approximate surface area is 128 Å². The number of nitrogens with one attached hydrogen (secondary N) is 1. The maximum Gasteiger partial charge on any atom is 0.259 e. The van der Waals surface area contributed by atoms with Gasteiger partial charge in [-0.3, -0.25) is 9.59 Å². The Morgan fingerprint density at radius 2 is 1.86 bits per heavy atom. The second-order valence-electron chi connectivity index (χ2n) is 6.74. The third-order valence-electron chi connectivity index (χ3n) is 5.22. The molecular weight excluding hydrogens is 288 g/mol. The van der Waals surface area contributed by atoms with E-state index in [-0.39, 0.29) is 21.9 Å². The lowest BCUT2D eigenvalue weighted by Crippen LogP contribution is -2.39. The fraction of sp³-hybridized carbons (Fsp3) is 0.625. The standard InChI is InChI=1S/C16H19ClN2O2/c17-13-7-18-6-12(15(13)20)16(21)19-8-11(9-1-2-9)5-14(19)10-3-4-10/h6-7,9-11,14H,1-5,8H2,(H,18,20)/t11-,14-/m1/s1. The highest BCUT2D eigenvalue weighted by atomic mass is 35.5. The molecule has 1 aromatic rings. The van der Waals surface area contributed by atoms with Crippen LogP contribution in [0.4, 0.5) is 0 Å². The number of hydrogen-bond acceptors (Lipinski definition) is 2. The first-order valence-electron chi connectivity index (χ1n) is 7.82. The Morgan fingerprint density at radius 3 is 2.52 bits per heavy atom. The van der Waals surface area contributed by atoms with Gasteiger partial charge in [-0.1, -0.05) is 11.6 Å². The molecule has 2 atom stereocenters. The maximum atomic E-state index is 12.8. The van der Waals surface area contributed by atoms with Crippen molar-refractivity contribution in [1.29, 1.82) is 0 Å². The van der Waals surface area contributed by atoms with Gasteiger partial charge in [0.05, 0.1) is 0 Å². The normalized spacial score (nSPS) is 28.9. The minimum atomic E-state index is -0.357. The minimum absolute atomic E-state index is 0.0850. The molecular formula is C16H19ClN2O2. The molecule has 1 aliphatic heterocycles. The van der Waals surface area contributed by atoms with E-state index in [0.29, 0.717) is 17.9 Å². The molecule has 1 saturated heterocycles. The highest BCUT2D eigenvalue weighted by molar-refractivity contribution is 6.30. The van der Waals surface area contributed by atoms with Crippen LogP contribution in [0.15, 0.2) is 17.2 Å². The quantitative estimate of drug-likeness (QED) is 0.933. The summed E-state index contributed by atoms with van der Waals surface area (Å²) in [5.74, 6) is 1.95. The van der Waals surface area contributed by atoms with Crippen molar-refractivity contribution in [2.24, 2.45) is 17.8 Å². The predicted octanol–water partition coefficient (Wildman–Crippen LogP) is 2.68. The molecule has 5 heteroatoms. The molecule has 0 radical (unpaired) electrons. The SMILES string of the molecule is O=C(c1c[nH]cc(Cl)c1=O)N1C[C@H](C2CC2)C[C@@H]1C1CC1. The molecule has 2 saturated carbocycles. The van der Waals surface area contributed by atoms with Crippen molar-refractivity contribution in [2.45, 2.75) is 38.1 Å². The van der Waals surface area contributed by atoms with E-state index in [2.05, 4.69) is 4.98 Å². The van der Waals surface area contributed by atoms with Crippen molar-refractivity contribution in [1.82, 2.24) is 9.88 Å². The van der Waals surface area contributed by atoms with Gasteiger partial charge in [0.25, 0.3) is 5.91 Å². The van der Waals surface area contributed by atoms with Crippen LogP contribution in [0.3, 0.4) is 0 Å². The molecule has 4 rings (SSSR count). The van der Waals surface area contributed by atoms with E-state index < -0.39 is 0 Å². The number of carbonyl (C=O) groups is 1. The lowest BCUT2D eigenvalue weighted by Gasteiger charge is -2.24. The summed E-state index contributed by atoms with van der Waals surface area (Å²) in [6.07, 6.45) is 9.10. The minimum Gasteiger partial charge on any atom is -0.365 e. The van der Waals surface area contributed by atoms with E-state index in [1.165, 1.54) is 38.1 Å². The zero-order valence-electron chi connectivity index (χ0n) is 11.8. The molecule has 4 nitrogen and oxygen atoms in total. The number of likely N-dealkylation sites (tertiary alicyclic amines) is 1. The third-order valence-corrected chi connectivity index (χ3v) is 5.50. The number of aromatic nitrogens is 1. The Hall–Kier alpha value is -1.29. The smallest absolute Gasteiger partial charge is 0.259 e. The number of nitrogens with zero attached hydrogens (tertiary/aromatic N) is 1. The summed E-state index contributed by atoms with van der Waals surface area (Å²) >= 11 is 5.85. The van der Waals surface area contributed by atoms with Crippen LogP contribution in [-0.4, -0.2) is 28.4 Å². The van der Waals surface area contributed by atoms with E-state index in [1.54, 1.807) is 0 Å². The molecule has 0 bridgehead atoms. The van der Waals surface area contributed by atoms with Gasteiger partial charge in [0, 0.05) is 25.0 Å². The monoisotopic (exact) mass is 306 g/mol.